The molecule has 1 aliphatic rings. The van der Waals surface area contributed by atoms with Gasteiger partial charge in [-0.25, -0.2) is 27.6 Å². The third-order valence-corrected chi connectivity index (χ3v) is 7.49. The number of rotatable bonds is 6. The number of amides is 1. The summed E-state index contributed by atoms with van der Waals surface area (Å²) in [4.78, 5) is 23.7. The van der Waals surface area contributed by atoms with Crippen LogP contribution in [-0.4, -0.2) is 56.5 Å². The first-order chi connectivity index (χ1) is 19.2. The van der Waals surface area contributed by atoms with Crippen LogP contribution in [0.5, 0.6) is 5.75 Å². The van der Waals surface area contributed by atoms with E-state index in [1.807, 2.05) is 17.9 Å². The topological polar surface area (TPSA) is 111 Å². The molecule has 1 aromatic heterocycles. The van der Waals surface area contributed by atoms with Crippen LogP contribution < -0.4 is 15.0 Å². The van der Waals surface area contributed by atoms with Gasteiger partial charge in [0.25, 0.3) is 0 Å². The number of benzene rings is 3. The fourth-order valence-electron chi connectivity index (χ4n) is 4.38. The van der Waals surface area contributed by atoms with E-state index in [0.717, 1.165) is 12.3 Å². The number of anilines is 2. The number of sulfone groups is 1. The van der Waals surface area contributed by atoms with Crippen molar-refractivity contribution in [1.29, 1.82) is 0 Å². The zero-order chi connectivity index (χ0) is 28.3. The standard InChI is InChI=1S/C29H27FN4O5S/c1-19-18-38-15-14-34(19)27-17-25(24-16-21(30)10-13-26(24)40(2,36)37)32-28(33-27)20-8-11-22(12-9-20)31-29(35)39-23-6-4-3-5-7-23/h3-13,16-17,19H,14-15,18H2,1-2H3,(H,31,35). The van der Waals surface area contributed by atoms with Crippen molar-refractivity contribution in [2.75, 3.05) is 36.2 Å². The van der Waals surface area contributed by atoms with Crippen molar-refractivity contribution < 1.29 is 27.1 Å². The van der Waals surface area contributed by atoms with Gasteiger partial charge in [-0.3, -0.25) is 5.32 Å². The number of nitrogens with zero attached hydrogens (tertiary/aromatic N) is 3. The normalized spacial score (nSPS) is 15.5. The minimum Gasteiger partial charge on any atom is -0.410 e. The lowest BCUT2D eigenvalue weighted by Crippen LogP contribution is -2.44. The molecule has 3 aromatic carbocycles. The van der Waals surface area contributed by atoms with Crippen molar-refractivity contribution in [3.63, 3.8) is 0 Å². The van der Waals surface area contributed by atoms with E-state index in [1.54, 1.807) is 54.6 Å². The third-order valence-electron chi connectivity index (χ3n) is 6.33. The summed E-state index contributed by atoms with van der Waals surface area (Å²) in [6.07, 6.45) is 0.436. The van der Waals surface area contributed by atoms with E-state index in [2.05, 4.69) is 10.3 Å². The van der Waals surface area contributed by atoms with Gasteiger partial charge in [0, 0.05) is 35.7 Å². The Kier molecular flexibility index (Phi) is 7.76. The van der Waals surface area contributed by atoms with Crippen LogP contribution in [0.25, 0.3) is 22.6 Å². The Hall–Kier alpha value is -4.35. The summed E-state index contributed by atoms with van der Waals surface area (Å²) in [5.74, 6) is 0.709. The fourth-order valence-corrected chi connectivity index (χ4v) is 5.26. The molecule has 206 valence electrons. The molecule has 0 radical (unpaired) electrons. The van der Waals surface area contributed by atoms with Crippen LogP contribution in [0.1, 0.15) is 6.92 Å². The molecule has 0 saturated carbocycles. The minimum atomic E-state index is -3.68. The smallest absolute Gasteiger partial charge is 0.410 e. The molecule has 1 amide bonds. The van der Waals surface area contributed by atoms with E-state index in [1.165, 1.54) is 12.1 Å². The predicted molar refractivity (Wildman–Crippen MR) is 150 cm³/mol. The van der Waals surface area contributed by atoms with Gasteiger partial charge in [0.15, 0.2) is 15.7 Å². The molecular weight excluding hydrogens is 535 g/mol. The lowest BCUT2D eigenvalue weighted by Gasteiger charge is -2.34. The molecule has 0 bridgehead atoms. The predicted octanol–water partition coefficient (Wildman–Crippen LogP) is 5.19. The number of ether oxygens (including phenoxy) is 2. The molecule has 40 heavy (non-hydrogen) atoms. The molecule has 5 rings (SSSR count). The Morgan fingerprint density at radius 3 is 2.50 bits per heavy atom. The maximum atomic E-state index is 14.3. The summed E-state index contributed by atoms with van der Waals surface area (Å²) in [6, 6.07) is 20.7. The van der Waals surface area contributed by atoms with Gasteiger partial charge in [-0.2, -0.15) is 0 Å². The summed E-state index contributed by atoms with van der Waals surface area (Å²) in [7, 11) is -3.68. The van der Waals surface area contributed by atoms with Crippen molar-refractivity contribution in [1.82, 2.24) is 9.97 Å². The third kappa shape index (κ3) is 6.27. The lowest BCUT2D eigenvalue weighted by atomic mass is 10.1. The Morgan fingerprint density at radius 1 is 1.05 bits per heavy atom. The van der Waals surface area contributed by atoms with Crippen LogP contribution in [0.3, 0.4) is 0 Å². The maximum absolute atomic E-state index is 14.3. The summed E-state index contributed by atoms with van der Waals surface area (Å²) in [6.45, 7) is 3.58. The molecule has 1 aliphatic heterocycles. The molecule has 1 saturated heterocycles. The van der Waals surface area contributed by atoms with E-state index in [0.29, 0.717) is 48.4 Å². The molecular formula is C29H27FN4O5S. The van der Waals surface area contributed by atoms with Gasteiger partial charge in [-0.1, -0.05) is 18.2 Å². The number of para-hydroxylation sites is 1. The molecule has 4 aromatic rings. The highest BCUT2D eigenvalue weighted by Gasteiger charge is 2.24. The summed E-state index contributed by atoms with van der Waals surface area (Å²) in [5.41, 5.74) is 1.53. The van der Waals surface area contributed by atoms with Crippen molar-refractivity contribution in [2.45, 2.75) is 17.9 Å². The van der Waals surface area contributed by atoms with E-state index in [-0.39, 0.29) is 22.2 Å². The van der Waals surface area contributed by atoms with Crippen molar-refractivity contribution in [2.24, 2.45) is 0 Å². The van der Waals surface area contributed by atoms with Crippen LogP contribution in [0.4, 0.5) is 20.7 Å². The van der Waals surface area contributed by atoms with Crippen molar-refractivity contribution in [3.05, 3.63) is 84.7 Å². The summed E-state index contributed by atoms with van der Waals surface area (Å²) >= 11 is 0. The number of morpholine rings is 1. The molecule has 1 unspecified atom stereocenters. The SMILES string of the molecule is CC1COCCN1c1cc(-c2cc(F)ccc2S(C)(=O)=O)nc(-c2ccc(NC(=O)Oc3ccccc3)cc2)n1. The number of carbonyl (C=O) groups is 1. The molecule has 0 aliphatic carbocycles. The van der Waals surface area contributed by atoms with E-state index in [4.69, 9.17) is 14.5 Å². The highest BCUT2D eigenvalue weighted by Crippen LogP contribution is 2.32. The molecule has 1 atom stereocenters. The van der Waals surface area contributed by atoms with Gasteiger partial charge >= 0.3 is 6.09 Å². The zero-order valence-electron chi connectivity index (χ0n) is 21.9. The van der Waals surface area contributed by atoms with E-state index in [9.17, 15) is 17.6 Å². The highest BCUT2D eigenvalue weighted by atomic mass is 32.2. The molecule has 1 N–H and O–H groups in total. The quantitative estimate of drug-likeness (QED) is 0.320. The number of hydrogen-bond acceptors (Lipinski definition) is 8. The average Bonchev–Trinajstić information content (AvgIpc) is 2.93. The van der Waals surface area contributed by atoms with Crippen LogP contribution in [0.2, 0.25) is 0 Å². The van der Waals surface area contributed by atoms with Crippen LogP contribution in [0.15, 0.2) is 83.8 Å². The van der Waals surface area contributed by atoms with Gasteiger partial charge < -0.3 is 14.4 Å². The lowest BCUT2D eigenvalue weighted by molar-refractivity contribution is 0.0985. The number of halogens is 1. The van der Waals surface area contributed by atoms with Crippen LogP contribution >= 0.6 is 0 Å². The number of carbonyl (C=O) groups excluding carboxylic acids is 1. The van der Waals surface area contributed by atoms with Gasteiger partial charge in [0.2, 0.25) is 0 Å². The molecule has 1 fully saturated rings. The zero-order valence-corrected chi connectivity index (χ0v) is 22.7. The monoisotopic (exact) mass is 562 g/mol. The highest BCUT2D eigenvalue weighted by molar-refractivity contribution is 7.90. The Balaban J connectivity index is 1.51. The minimum absolute atomic E-state index is 0.00782. The average molecular weight is 563 g/mol. The second kappa shape index (κ2) is 11.4. The van der Waals surface area contributed by atoms with Crippen LogP contribution in [0, 0.1) is 5.82 Å². The fraction of sp³-hybridized carbons (Fsp3) is 0.207. The number of aromatic nitrogens is 2. The summed E-state index contributed by atoms with van der Waals surface area (Å²) in [5, 5.41) is 2.67. The van der Waals surface area contributed by atoms with Gasteiger partial charge in [0.05, 0.1) is 29.8 Å². The first kappa shape index (κ1) is 27.2. The van der Waals surface area contributed by atoms with Gasteiger partial charge in [0.1, 0.15) is 17.4 Å². The second-order valence-corrected chi connectivity index (χ2v) is 11.4. The van der Waals surface area contributed by atoms with Crippen molar-refractivity contribution in [3.8, 4) is 28.4 Å². The van der Waals surface area contributed by atoms with Crippen LogP contribution in [-0.2, 0) is 14.6 Å². The van der Waals surface area contributed by atoms with Gasteiger partial charge in [-0.15, -0.1) is 0 Å². The molecule has 9 nitrogen and oxygen atoms in total. The second-order valence-electron chi connectivity index (χ2n) is 9.37. The largest absolute Gasteiger partial charge is 0.417 e. The first-order valence-corrected chi connectivity index (χ1v) is 14.4. The Labute approximate surface area is 231 Å². The van der Waals surface area contributed by atoms with Gasteiger partial charge in [-0.05, 0) is 61.5 Å². The van der Waals surface area contributed by atoms with E-state index < -0.39 is 21.7 Å². The summed E-state index contributed by atoms with van der Waals surface area (Å²) < 4.78 is 50.2. The molecule has 11 heteroatoms. The molecule has 0 spiro atoms. The number of nitrogens with one attached hydrogen (secondary N) is 1. The van der Waals surface area contributed by atoms with E-state index >= 15 is 0 Å². The first-order valence-electron chi connectivity index (χ1n) is 12.5. The Morgan fingerprint density at radius 2 is 1.80 bits per heavy atom. The Bertz CT molecular complexity index is 1630. The number of hydrogen-bond donors (Lipinski definition) is 1. The van der Waals surface area contributed by atoms with Crippen molar-refractivity contribution >= 4 is 27.4 Å². The maximum Gasteiger partial charge on any atom is 0.417 e. The molecule has 2 heterocycles.